The Morgan fingerprint density at radius 1 is 1.39 bits per heavy atom. The molecule has 2 amide bonds. The summed E-state index contributed by atoms with van der Waals surface area (Å²) in [6.07, 6.45) is 3.30. The van der Waals surface area contributed by atoms with Gasteiger partial charge in [-0.25, -0.2) is 4.68 Å². The van der Waals surface area contributed by atoms with Crippen LogP contribution in [0.1, 0.15) is 51.3 Å². The first-order valence-electron chi connectivity index (χ1n) is 10.2. The third kappa shape index (κ3) is 4.51. The van der Waals surface area contributed by atoms with Crippen LogP contribution in [0.5, 0.6) is 0 Å². The predicted molar refractivity (Wildman–Crippen MR) is 115 cm³/mol. The van der Waals surface area contributed by atoms with E-state index in [9.17, 15) is 9.59 Å². The number of hydrogen-bond acceptors (Lipinski definition) is 6. The summed E-state index contributed by atoms with van der Waals surface area (Å²) >= 11 is 1.63. The van der Waals surface area contributed by atoms with E-state index in [1.165, 1.54) is 0 Å². The summed E-state index contributed by atoms with van der Waals surface area (Å²) in [5, 5.41) is 19.2. The number of carbonyl (C=O) groups is 2. The van der Waals surface area contributed by atoms with Gasteiger partial charge in [0.05, 0.1) is 12.7 Å². The highest BCUT2D eigenvalue weighted by Crippen LogP contribution is 2.20. The number of H-pyrrole nitrogens is 1. The molecule has 0 saturated carbocycles. The van der Waals surface area contributed by atoms with Crippen molar-refractivity contribution in [3.05, 3.63) is 57.8 Å². The maximum atomic E-state index is 13.1. The molecule has 10 heteroatoms. The normalized spacial score (nSPS) is 16.1. The lowest BCUT2D eigenvalue weighted by Crippen LogP contribution is -2.51. The lowest BCUT2D eigenvalue weighted by molar-refractivity contribution is 0.0474. The maximum Gasteiger partial charge on any atom is 0.276 e. The zero-order valence-electron chi connectivity index (χ0n) is 17.2. The lowest BCUT2D eigenvalue weighted by Gasteiger charge is -2.38. The molecule has 0 aromatic carbocycles. The Morgan fingerprint density at radius 3 is 2.97 bits per heavy atom. The Bertz CT molecular complexity index is 1100. The quantitative estimate of drug-likeness (QED) is 0.636. The third-order valence-electron chi connectivity index (χ3n) is 5.42. The summed E-state index contributed by atoms with van der Waals surface area (Å²) in [5.41, 5.74) is 1.06. The third-order valence-corrected chi connectivity index (χ3v) is 6.28. The molecular formula is C21H23N7O2S. The molecule has 1 saturated heterocycles. The van der Waals surface area contributed by atoms with Gasteiger partial charge in [0.15, 0.2) is 5.69 Å². The molecule has 1 N–H and O–H groups in total. The SMILES string of the molecule is CCN(C(=O)c1cn(Cc2cccs2)nn1)C1CCCN(C(=O)c2ccc(C#N)[nH]2)C1. The van der Waals surface area contributed by atoms with E-state index in [2.05, 4.69) is 15.3 Å². The molecule has 1 atom stereocenters. The molecule has 3 aromatic heterocycles. The van der Waals surface area contributed by atoms with Crippen molar-refractivity contribution in [3.63, 3.8) is 0 Å². The van der Waals surface area contributed by atoms with Crippen LogP contribution in [0, 0.1) is 11.3 Å². The van der Waals surface area contributed by atoms with Crippen molar-refractivity contribution in [2.24, 2.45) is 0 Å². The van der Waals surface area contributed by atoms with Crippen molar-refractivity contribution in [1.29, 1.82) is 5.26 Å². The van der Waals surface area contributed by atoms with Gasteiger partial charge in [-0.05, 0) is 43.3 Å². The average molecular weight is 438 g/mol. The van der Waals surface area contributed by atoms with Gasteiger partial charge in [0.2, 0.25) is 0 Å². The predicted octanol–water partition coefficient (Wildman–Crippen LogP) is 2.35. The Labute approximate surface area is 183 Å². The molecule has 9 nitrogen and oxygen atoms in total. The van der Waals surface area contributed by atoms with E-state index < -0.39 is 0 Å². The highest BCUT2D eigenvalue weighted by molar-refractivity contribution is 7.09. The Kier molecular flexibility index (Phi) is 6.13. The second-order valence-electron chi connectivity index (χ2n) is 7.42. The molecule has 0 radical (unpaired) electrons. The van der Waals surface area contributed by atoms with Crippen LogP contribution in [0.3, 0.4) is 0 Å². The van der Waals surface area contributed by atoms with Crippen molar-refractivity contribution in [3.8, 4) is 6.07 Å². The number of likely N-dealkylation sites (tertiary alicyclic amines) is 1. The van der Waals surface area contributed by atoms with E-state index in [1.807, 2.05) is 30.5 Å². The number of piperidine rings is 1. The van der Waals surface area contributed by atoms with Gasteiger partial charge < -0.3 is 14.8 Å². The van der Waals surface area contributed by atoms with Gasteiger partial charge in [-0.3, -0.25) is 9.59 Å². The first-order chi connectivity index (χ1) is 15.1. The zero-order chi connectivity index (χ0) is 21.8. The Morgan fingerprint density at radius 2 is 2.26 bits per heavy atom. The molecule has 31 heavy (non-hydrogen) atoms. The number of amides is 2. The number of nitriles is 1. The average Bonchev–Trinajstić information content (AvgIpc) is 3.56. The summed E-state index contributed by atoms with van der Waals surface area (Å²) in [6, 6.07) is 9.12. The van der Waals surface area contributed by atoms with Gasteiger partial charge in [-0.1, -0.05) is 11.3 Å². The smallest absolute Gasteiger partial charge is 0.276 e. The summed E-state index contributed by atoms with van der Waals surface area (Å²) in [4.78, 5) is 33.5. The Hall–Kier alpha value is -3.45. The molecular weight excluding hydrogens is 414 g/mol. The van der Waals surface area contributed by atoms with Crippen molar-refractivity contribution in [1.82, 2.24) is 29.8 Å². The van der Waals surface area contributed by atoms with Gasteiger partial charge >= 0.3 is 0 Å². The van der Waals surface area contributed by atoms with Gasteiger partial charge in [0.1, 0.15) is 17.5 Å². The van der Waals surface area contributed by atoms with Crippen molar-refractivity contribution in [2.75, 3.05) is 19.6 Å². The fourth-order valence-electron chi connectivity index (χ4n) is 3.90. The highest BCUT2D eigenvalue weighted by Gasteiger charge is 2.32. The molecule has 4 heterocycles. The monoisotopic (exact) mass is 437 g/mol. The summed E-state index contributed by atoms with van der Waals surface area (Å²) in [7, 11) is 0. The van der Waals surface area contributed by atoms with E-state index in [-0.39, 0.29) is 17.9 Å². The minimum atomic E-state index is -0.175. The number of nitrogens with zero attached hydrogens (tertiary/aromatic N) is 6. The van der Waals surface area contributed by atoms with E-state index in [1.54, 1.807) is 44.1 Å². The first kappa shape index (κ1) is 20.8. The lowest BCUT2D eigenvalue weighted by atomic mass is 10.0. The van der Waals surface area contributed by atoms with Crippen LogP contribution in [0.4, 0.5) is 0 Å². The minimum absolute atomic E-state index is 0.0944. The summed E-state index contributed by atoms with van der Waals surface area (Å²) < 4.78 is 1.67. The van der Waals surface area contributed by atoms with Gasteiger partial charge in [0, 0.05) is 30.6 Å². The largest absolute Gasteiger partial charge is 0.342 e. The number of rotatable bonds is 6. The molecule has 4 rings (SSSR count). The van der Waals surface area contributed by atoms with Gasteiger partial charge in [-0.2, -0.15) is 5.26 Å². The van der Waals surface area contributed by atoms with Gasteiger partial charge in [-0.15, -0.1) is 16.4 Å². The van der Waals surface area contributed by atoms with Crippen LogP contribution in [0.15, 0.2) is 35.8 Å². The van der Waals surface area contributed by atoms with E-state index in [0.717, 1.165) is 17.7 Å². The fourth-order valence-corrected chi connectivity index (χ4v) is 4.60. The number of nitrogens with one attached hydrogen (secondary N) is 1. The second-order valence-corrected chi connectivity index (χ2v) is 8.45. The molecule has 3 aromatic rings. The topological polar surface area (TPSA) is 111 Å². The first-order valence-corrected chi connectivity index (χ1v) is 11.1. The van der Waals surface area contributed by atoms with Crippen LogP contribution in [-0.2, 0) is 6.54 Å². The molecule has 0 bridgehead atoms. The molecule has 1 aliphatic heterocycles. The molecule has 1 aliphatic rings. The highest BCUT2D eigenvalue weighted by atomic mass is 32.1. The van der Waals surface area contributed by atoms with E-state index in [4.69, 9.17) is 5.26 Å². The van der Waals surface area contributed by atoms with E-state index >= 15 is 0 Å². The molecule has 0 aliphatic carbocycles. The molecule has 0 spiro atoms. The zero-order valence-corrected chi connectivity index (χ0v) is 18.0. The molecule has 160 valence electrons. The Balaban J connectivity index is 1.44. The van der Waals surface area contributed by atoms with Crippen LogP contribution in [0.25, 0.3) is 0 Å². The summed E-state index contributed by atoms with van der Waals surface area (Å²) in [6.45, 7) is 4.10. The minimum Gasteiger partial charge on any atom is -0.342 e. The number of likely N-dealkylation sites (N-methyl/N-ethyl adjacent to an activating group) is 1. The van der Waals surface area contributed by atoms with Crippen LogP contribution < -0.4 is 0 Å². The van der Waals surface area contributed by atoms with Crippen molar-refractivity contribution < 1.29 is 9.59 Å². The molecule has 1 fully saturated rings. The van der Waals surface area contributed by atoms with Crippen molar-refractivity contribution >= 4 is 23.2 Å². The maximum absolute atomic E-state index is 13.1. The van der Waals surface area contributed by atoms with Crippen molar-refractivity contribution in [2.45, 2.75) is 32.4 Å². The number of aromatic nitrogens is 4. The standard InChI is InChI=1S/C21H23N7O2S/c1-2-28(21(30)19-14-27(25-24-19)13-17-6-4-10-31-17)16-5-3-9-26(12-16)20(29)18-8-7-15(11-22)23-18/h4,6-8,10,14,16,23H,2-3,5,9,12-13H2,1H3. The molecule has 1 unspecified atom stereocenters. The number of thiophene rings is 1. The second kappa shape index (κ2) is 9.14. The van der Waals surface area contributed by atoms with Crippen LogP contribution >= 0.6 is 11.3 Å². The number of aromatic amines is 1. The van der Waals surface area contributed by atoms with Crippen LogP contribution in [0.2, 0.25) is 0 Å². The fraction of sp³-hybridized carbons (Fsp3) is 0.381. The summed E-state index contributed by atoms with van der Waals surface area (Å²) in [5.74, 6) is -0.331. The van der Waals surface area contributed by atoms with Gasteiger partial charge in [0.25, 0.3) is 11.8 Å². The number of carbonyl (C=O) groups excluding carboxylic acids is 2. The van der Waals surface area contributed by atoms with E-state index in [0.29, 0.717) is 43.3 Å². The van der Waals surface area contributed by atoms with Crippen LogP contribution in [-0.4, -0.2) is 67.3 Å². The number of hydrogen-bond donors (Lipinski definition) is 1.